The molecular formula is C21H24BrN5S. The average molecular weight is 458 g/mol. The Kier molecular flexibility index (Phi) is 5.96. The second-order valence-electron chi connectivity index (χ2n) is 6.95. The minimum atomic E-state index is 0.307. The first-order valence-electron chi connectivity index (χ1n) is 9.41. The third kappa shape index (κ3) is 4.07. The third-order valence-corrected chi connectivity index (χ3v) is 6.22. The number of hydrogen-bond donors (Lipinski definition) is 4. The fourth-order valence-corrected chi connectivity index (χ4v) is 4.57. The summed E-state index contributed by atoms with van der Waals surface area (Å²) in [6.07, 6.45) is 1.74. The molecule has 1 aromatic carbocycles. The summed E-state index contributed by atoms with van der Waals surface area (Å²) < 4.78 is 1.06. The Bertz CT molecular complexity index is 1070. The highest BCUT2D eigenvalue weighted by molar-refractivity contribution is 9.10. The summed E-state index contributed by atoms with van der Waals surface area (Å²) >= 11 is 5.29. The molecule has 0 aliphatic heterocycles. The van der Waals surface area contributed by atoms with Crippen LogP contribution >= 0.6 is 27.3 Å². The zero-order valence-corrected chi connectivity index (χ0v) is 18.2. The number of nitrogens with one attached hydrogen (secondary N) is 3. The van der Waals surface area contributed by atoms with Crippen molar-refractivity contribution in [3.05, 3.63) is 56.8 Å². The van der Waals surface area contributed by atoms with Crippen LogP contribution in [0.5, 0.6) is 0 Å². The monoisotopic (exact) mass is 457 g/mol. The molecule has 28 heavy (non-hydrogen) atoms. The number of halogens is 1. The maximum Gasteiger partial charge on any atom is 0.136 e. The lowest BCUT2D eigenvalue weighted by atomic mass is 10.1. The van der Waals surface area contributed by atoms with Crippen molar-refractivity contribution in [2.45, 2.75) is 18.9 Å². The van der Waals surface area contributed by atoms with E-state index < -0.39 is 0 Å². The van der Waals surface area contributed by atoms with E-state index >= 15 is 0 Å². The van der Waals surface area contributed by atoms with Crippen LogP contribution in [0.4, 0.5) is 5.82 Å². The summed E-state index contributed by atoms with van der Waals surface area (Å²) in [6, 6.07) is 11.0. The van der Waals surface area contributed by atoms with Gasteiger partial charge in [-0.2, -0.15) is 11.3 Å². The molecule has 146 valence electrons. The van der Waals surface area contributed by atoms with Crippen LogP contribution in [-0.2, 0) is 6.42 Å². The standard InChI is InChI=1S/C21H24BrN5S/c1-24-15(4-6-23)11-25-21-20-17-3-2-14(22)9-18(17)27-19(20)10-16(26-21)8-13-5-7-28-12-13/h2-3,5,7,9-10,12,15,24,27H,4,6,8,11,23H2,1H3,(H,25,26). The molecule has 0 bridgehead atoms. The molecule has 3 heterocycles. The Morgan fingerprint density at radius 1 is 1.25 bits per heavy atom. The van der Waals surface area contributed by atoms with Gasteiger partial charge in [-0.3, -0.25) is 0 Å². The number of hydrogen-bond acceptors (Lipinski definition) is 5. The van der Waals surface area contributed by atoms with Crippen molar-refractivity contribution < 1.29 is 0 Å². The van der Waals surface area contributed by atoms with Gasteiger partial charge in [0.2, 0.25) is 0 Å². The molecule has 0 aliphatic rings. The number of thiophene rings is 1. The van der Waals surface area contributed by atoms with Gasteiger partial charge >= 0.3 is 0 Å². The fraction of sp³-hybridized carbons (Fsp3) is 0.286. The van der Waals surface area contributed by atoms with Gasteiger partial charge < -0.3 is 21.4 Å². The van der Waals surface area contributed by atoms with Gasteiger partial charge in [-0.05, 0) is 60.6 Å². The van der Waals surface area contributed by atoms with E-state index in [1.807, 2.05) is 7.05 Å². The van der Waals surface area contributed by atoms with Crippen LogP contribution in [0.1, 0.15) is 17.7 Å². The molecule has 1 atom stereocenters. The summed E-state index contributed by atoms with van der Waals surface area (Å²) in [6.45, 7) is 1.44. The van der Waals surface area contributed by atoms with Crippen molar-refractivity contribution in [2.24, 2.45) is 5.73 Å². The van der Waals surface area contributed by atoms with Gasteiger partial charge in [-0.15, -0.1) is 0 Å². The van der Waals surface area contributed by atoms with Gasteiger partial charge in [0.25, 0.3) is 0 Å². The third-order valence-electron chi connectivity index (χ3n) is 5.00. The fourth-order valence-electron chi connectivity index (χ4n) is 3.54. The molecule has 4 aromatic rings. The molecule has 0 aliphatic carbocycles. The molecule has 5 nitrogen and oxygen atoms in total. The molecule has 3 aromatic heterocycles. The maximum atomic E-state index is 5.74. The summed E-state index contributed by atoms with van der Waals surface area (Å²) in [4.78, 5) is 8.55. The zero-order chi connectivity index (χ0) is 19.5. The number of nitrogens with zero attached hydrogens (tertiary/aromatic N) is 1. The molecule has 1 unspecified atom stereocenters. The lowest BCUT2D eigenvalue weighted by molar-refractivity contribution is 0.550. The van der Waals surface area contributed by atoms with Crippen molar-refractivity contribution in [2.75, 3.05) is 25.5 Å². The second-order valence-corrected chi connectivity index (χ2v) is 8.65. The SMILES string of the molecule is CNC(CCN)CNc1nc(Cc2ccsc2)cc2[nH]c3cc(Br)ccc3c12. The smallest absolute Gasteiger partial charge is 0.136 e. The van der Waals surface area contributed by atoms with Crippen molar-refractivity contribution in [3.63, 3.8) is 0 Å². The molecule has 7 heteroatoms. The number of benzene rings is 1. The summed E-state index contributed by atoms with van der Waals surface area (Å²) in [5.74, 6) is 0.925. The molecule has 0 spiro atoms. The van der Waals surface area contributed by atoms with Crippen LogP contribution < -0.4 is 16.4 Å². The number of H-pyrrole nitrogens is 1. The molecule has 0 amide bonds. The van der Waals surface area contributed by atoms with Gasteiger partial charge in [0.1, 0.15) is 5.82 Å². The van der Waals surface area contributed by atoms with Gasteiger partial charge in [-0.1, -0.05) is 22.0 Å². The number of rotatable bonds is 8. The Morgan fingerprint density at radius 3 is 2.89 bits per heavy atom. The Balaban J connectivity index is 1.77. The number of nitrogens with two attached hydrogens (primary N) is 1. The highest BCUT2D eigenvalue weighted by Gasteiger charge is 2.14. The van der Waals surface area contributed by atoms with Crippen LogP contribution in [0.2, 0.25) is 0 Å². The minimum absolute atomic E-state index is 0.307. The van der Waals surface area contributed by atoms with Crippen LogP contribution in [0.3, 0.4) is 0 Å². The van der Waals surface area contributed by atoms with E-state index in [1.165, 1.54) is 10.9 Å². The zero-order valence-electron chi connectivity index (χ0n) is 15.8. The Hall–Kier alpha value is -1.93. The van der Waals surface area contributed by atoms with E-state index in [9.17, 15) is 0 Å². The van der Waals surface area contributed by atoms with Gasteiger partial charge in [-0.25, -0.2) is 4.98 Å². The first-order valence-corrected chi connectivity index (χ1v) is 11.1. The Morgan fingerprint density at radius 2 is 2.14 bits per heavy atom. The van der Waals surface area contributed by atoms with Gasteiger partial charge in [0, 0.05) is 45.5 Å². The van der Waals surface area contributed by atoms with E-state index in [4.69, 9.17) is 10.7 Å². The molecule has 0 fully saturated rings. The van der Waals surface area contributed by atoms with Crippen molar-refractivity contribution in [3.8, 4) is 0 Å². The lowest BCUT2D eigenvalue weighted by Crippen LogP contribution is -2.34. The van der Waals surface area contributed by atoms with E-state index in [0.29, 0.717) is 12.6 Å². The van der Waals surface area contributed by atoms with Crippen LogP contribution in [0.25, 0.3) is 21.8 Å². The van der Waals surface area contributed by atoms with E-state index in [0.717, 1.165) is 51.8 Å². The van der Waals surface area contributed by atoms with Gasteiger partial charge in [0.05, 0.1) is 5.52 Å². The summed E-state index contributed by atoms with van der Waals surface area (Å²) in [5, 5.41) is 13.5. The summed E-state index contributed by atoms with van der Waals surface area (Å²) in [5.41, 5.74) is 10.3. The molecule has 0 saturated carbocycles. The van der Waals surface area contributed by atoms with Crippen LogP contribution in [0, 0.1) is 0 Å². The normalized spacial score (nSPS) is 12.7. The van der Waals surface area contributed by atoms with E-state index in [2.05, 4.69) is 72.6 Å². The quantitative estimate of drug-likeness (QED) is 0.314. The molecule has 5 N–H and O–H groups in total. The number of aromatic nitrogens is 2. The van der Waals surface area contributed by atoms with Crippen molar-refractivity contribution in [1.29, 1.82) is 0 Å². The number of aromatic amines is 1. The first kappa shape index (κ1) is 19.4. The molecule has 0 saturated heterocycles. The van der Waals surface area contributed by atoms with E-state index in [1.54, 1.807) is 11.3 Å². The molecule has 4 rings (SSSR count). The van der Waals surface area contributed by atoms with Crippen LogP contribution in [0.15, 0.2) is 45.6 Å². The second kappa shape index (κ2) is 8.61. The van der Waals surface area contributed by atoms with E-state index in [-0.39, 0.29) is 0 Å². The molecule has 0 radical (unpaired) electrons. The van der Waals surface area contributed by atoms with Gasteiger partial charge in [0.15, 0.2) is 0 Å². The average Bonchev–Trinajstić information content (AvgIpc) is 3.31. The molecular weight excluding hydrogens is 434 g/mol. The number of anilines is 1. The number of likely N-dealkylation sites (N-methyl/N-ethyl adjacent to an activating group) is 1. The predicted molar refractivity (Wildman–Crippen MR) is 123 cm³/mol. The minimum Gasteiger partial charge on any atom is -0.368 e. The highest BCUT2D eigenvalue weighted by atomic mass is 79.9. The maximum absolute atomic E-state index is 5.74. The topological polar surface area (TPSA) is 78.8 Å². The first-order chi connectivity index (χ1) is 13.7. The number of pyridine rings is 1. The highest BCUT2D eigenvalue weighted by Crippen LogP contribution is 2.33. The largest absolute Gasteiger partial charge is 0.368 e. The Labute approximate surface area is 176 Å². The van der Waals surface area contributed by atoms with Crippen LogP contribution in [-0.4, -0.2) is 36.1 Å². The lowest BCUT2D eigenvalue weighted by Gasteiger charge is -2.17. The van der Waals surface area contributed by atoms with Crippen molar-refractivity contribution in [1.82, 2.24) is 15.3 Å². The predicted octanol–water partition coefficient (Wildman–Crippen LogP) is 4.48. The number of fused-ring (bicyclic) bond motifs is 3. The van der Waals surface area contributed by atoms with Crippen molar-refractivity contribution >= 4 is 54.9 Å². The summed E-state index contributed by atoms with van der Waals surface area (Å²) in [7, 11) is 1.97.